The first-order valence-corrected chi connectivity index (χ1v) is 7.35. The van der Waals surface area contributed by atoms with Crippen LogP contribution in [0.1, 0.15) is 0 Å². The Morgan fingerprint density at radius 3 is 2.67 bits per heavy atom. The quantitative estimate of drug-likeness (QED) is 0.584. The molecule has 1 aromatic rings. The van der Waals surface area contributed by atoms with Crippen molar-refractivity contribution in [1.82, 2.24) is 0 Å². The van der Waals surface area contributed by atoms with E-state index < -0.39 is 0 Å². The lowest BCUT2D eigenvalue weighted by molar-refractivity contribution is 1.44. The molecule has 0 aliphatic carbocycles. The summed E-state index contributed by atoms with van der Waals surface area (Å²) in [7, 11) is 1.59. The van der Waals surface area contributed by atoms with Crippen LogP contribution in [0, 0.1) is 0 Å². The van der Waals surface area contributed by atoms with Gasteiger partial charge < -0.3 is 0 Å². The van der Waals surface area contributed by atoms with E-state index in [0.717, 1.165) is 10.2 Å². The van der Waals surface area contributed by atoms with Gasteiger partial charge in [-0.05, 0) is 28.1 Å². The number of rotatable bonds is 3. The Morgan fingerprint density at radius 1 is 1.50 bits per heavy atom. The van der Waals surface area contributed by atoms with Crippen LogP contribution in [0.5, 0.6) is 0 Å². The summed E-state index contributed by atoms with van der Waals surface area (Å²) in [6.45, 7) is 3.73. The fraction of sp³-hybridized carbons (Fsp3) is 0. The highest BCUT2D eigenvalue weighted by Gasteiger charge is 2.04. The van der Waals surface area contributed by atoms with E-state index in [2.05, 4.69) is 43.7 Å². The van der Waals surface area contributed by atoms with Crippen LogP contribution in [0.3, 0.4) is 0 Å². The van der Waals surface area contributed by atoms with E-state index in [1.165, 1.54) is 0 Å². The predicted octanol–water partition coefficient (Wildman–Crippen LogP) is 4.40. The van der Waals surface area contributed by atoms with Gasteiger partial charge in [-0.15, -0.1) is 0 Å². The lowest BCUT2D eigenvalue weighted by Gasteiger charge is -2.15. The summed E-state index contributed by atoms with van der Waals surface area (Å²) in [4.78, 5) is 0. The van der Waals surface area contributed by atoms with Crippen molar-refractivity contribution in [3.05, 3.63) is 41.5 Å². The molecule has 0 N–H and O–H groups in total. The van der Waals surface area contributed by atoms with Crippen LogP contribution >= 0.6 is 46.3 Å². The van der Waals surface area contributed by atoms with E-state index >= 15 is 0 Å². The van der Waals surface area contributed by atoms with Gasteiger partial charge in [0.2, 0.25) is 0 Å². The second kappa shape index (κ2) is 5.14. The summed E-state index contributed by atoms with van der Waals surface area (Å²) in [5.74, 6) is 0. The van der Waals surface area contributed by atoms with Crippen molar-refractivity contribution < 1.29 is 0 Å². The lowest BCUT2D eigenvalue weighted by Crippen LogP contribution is -2.01. The summed E-state index contributed by atoms with van der Waals surface area (Å²) in [5.41, 5.74) is 1.12. The van der Waals surface area contributed by atoms with Gasteiger partial charge in [-0.3, -0.25) is 4.31 Å². The second-order valence-corrected chi connectivity index (χ2v) is 4.60. The number of nitrogens with zero attached hydrogens (tertiary/aromatic N) is 1. The summed E-state index contributed by atoms with van der Waals surface area (Å²) >= 11 is 5.69. The molecule has 0 amide bonds. The first kappa shape index (κ1) is 10.4. The van der Waals surface area contributed by atoms with Gasteiger partial charge in [-0.1, -0.05) is 18.7 Å². The van der Waals surface area contributed by atoms with E-state index in [0.29, 0.717) is 0 Å². The van der Waals surface area contributed by atoms with E-state index in [-0.39, 0.29) is 0 Å². The van der Waals surface area contributed by atoms with Crippen LogP contribution in [-0.4, -0.2) is 0 Å². The average molecular weight is 356 g/mol. The largest absolute Gasteiger partial charge is 0.283 e. The number of benzene rings is 1. The molecule has 0 fully saturated rings. The normalized spacial score (nSPS) is 9.50. The molecule has 0 bridgehead atoms. The molecule has 64 valence electrons. The SMILES string of the molecule is C=CN(SI)c1ccccc1Br. The molecule has 12 heavy (non-hydrogen) atoms. The maximum absolute atomic E-state index is 3.73. The van der Waals surface area contributed by atoms with Gasteiger partial charge in [-0.2, -0.15) is 0 Å². The van der Waals surface area contributed by atoms with Gasteiger partial charge in [0.05, 0.1) is 5.69 Å². The van der Waals surface area contributed by atoms with E-state index in [4.69, 9.17) is 0 Å². The molecule has 4 heteroatoms. The standard InChI is InChI=1S/C8H7BrINS/c1-2-11(12-10)8-6-4-3-5-7(8)9/h2-6H,1H2. The minimum atomic E-state index is 1.08. The van der Waals surface area contributed by atoms with Crippen LogP contribution in [0.25, 0.3) is 0 Å². The van der Waals surface area contributed by atoms with E-state index in [1.54, 1.807) is 15.3 Å². The lowest BCUT2D eigenvalue weighted by atomic mass is 10.3. The Morgan fingerprint density at radius 2 is 2.17 bits per heavy atom. The Labute approximate surface area is 97.1 Å². The average Bonchev–Trinajstić information content (AvgIpc) is 2.10. The molecule has 0 radical (unpaired) electrons. The minimum absolute atomic E-state index is 1.08. The van der Waals surface area contributed by atoms with Crippen molar-refractivity contribution in [3.63, 3.8) is 0 Å². The van der Waals surface area contributed by atoms with Gasteiger partial charge in [0.25, 0.3) is 0 Å². The predicted molar refractivity (Wildman–Crippen MR) is 68.4 cm³/mol. The van der Waals surface area contributed by atoms with Gasteiger partial charge >= 0.3 is 0 Å². The fourth-order valence-electron chi connectivity index (χ4n) is 0.794. The Hall–Kier alpha value is 0.320. The van der Waals surface area contributed by atoms with Crippen LogP contribution in [0.15, 0.2) is 41.5 Å². The summed E-state index contributed by atoms with van der Waals surface area (Å²) in [6, 6.07) is 8.05. The van der Waals surface area contributed by atoms with Gasteiger partial charge in [0.1, 0.15) is 0 Å². The molecule has 0 aliphatic rings. The Kier molecular flexibility index (Phi) is 4.45. The molecule has 1 aromatic carbocycles. The fourth-order valence-corrected chi connectivity index (χ4v) is 2.80. The van der Waals surface area contributed by atoms with Crippen molar-refractivity contribution in [2.75, 3.05) is 4.31 Å². The van der Waals surface area contributed by atoms with Crippen molar-refractivity contribution in [2.24, 2.45) is 0 Å². The van der Waals surface area contributed by atoms with Crippen molar-refractivity contribution in [2.45, 2.75) is 0 Å². The third-order valence-corrected chi connectivity index (χ3v) is 3.77. The number of hydrogen-bond acceptors (Lipinski definition) is 2. The van der Waals surface area contributed by atoms with E-state index in [9.17, 15) is 0 Å². The molecule has 0 spiro atoms. The zero-order valence-electron chi connectivity index (χ0n) is 6.21. The topological polar surface area (TPSA) is 3.24 Å². The van der Waals surface area contributed by atoms with Crippen LogP contribution in [-0.2, 0) is 0 Å². The number of halogens is 2. The zero-order chi connectivity index (χ0) is 8.97. The Bertz CT molecular complexity index is 280. The molecule has 0 unspecified atom stereocenters. The highest BCUT2D eigenvalue weighted by Crippen LogP contribution is 2.33. The van der Waals surface area contributed by atoms with E-state index in [1.807, 2.05) is 28.6 Å². The molecular formula is C8H7BrINS. The molecule has 1 nitrogen and oxygen atoms in total. The molecule has 0 heterocycles. The highest BCUT2D eigenvalue weighted by molar-refractivity contribution is 14.2. The summed E-state index contributed by atoms with van der Waals surface area (Å²) < 4.78 is 3.07. The highest BCUT2D eigenvalue weighted by atomic mass is 127. The monoisotopic (exact) mass is 355 g/mol. The molecule has 1 rings (SSSR count). The van der Waals surface area contributed by atoms with Crippen LogP contribution < -0.4 is 4.31 Å². The first-order chi connectivity index (χ1) is 5.79. The third-order valence-electron chi connectivity index (χ3n) is 1.33. The molecule has 0 aromatic heterocycles. The molecule has 0 aliphatic heterocycles. The van der Waals surface area contributed by atoms with Crippen LogP contribution in [0.2, 0.25) is 0 Å². The van der Waals surface area contributed by atoms with Gasteiger partial charge in [0, 0.05) is 41.0 Å². The smallest absolute Gasteiger partial charge is 0.0667 e. The van der Waals surface area contributed by atoms with Gasteiger partial charge in [0.15, 0.2) is 0 Å². The molecule has 0 saturated heterocycles. The molecule has 0 saturated carbocycles. The maximum Gasteiger partial charge on any atom is 0.0667 e. The molecule has 0 atom stereocenters. The third kappa shape index (κ3) is 2.40. The van der Waals surface area contributed by atoms with Crippen LogP contribution in [0.4, 0.5) is 5.69 Å². The first-order valence-electron chi connectivity index (χ1n) is 3.24. The Balaban J connectivity index is 3.00. The number of hydrogen-bond donors (Lipinski definition) is 0. The van der Waals surface area contributed by atoms with Crippen molar-refractivity contribution in [1.29, 1.82) is 0 Å². The maximum atomic E-state index is 3.73. The second-order valence-electron chi connectivity index (χ2n) is 2.03. The number of para-hydroxylation sites is 1. The van der Waals surface area contributed by atoms with Crippen molar-refractivity contribution >= 4 is 51.9 Å². The minimum Gasteiger partial charge on any atom is -0.283 e. The van der Waals surface area contributed by atoms with Gasteiger partial charge in [-0.25, -0.2) is 0 Å². The number of anilines is 1. The molecular weight excluding hydrogens is 349 g/mol. The summed E-state index contributed by atoms with van der Waals surface area (Å²) in [6.07, 6.45) is 1.79. The summed E-state index contributed by atoms with van der Waals surface area (Å²) in [5, 5.41) is 0. The van der Waals surface area contributed by atoms with Crippen molar-refractivity contribution in [3.8, 4) is 0 Å². The zero-order valence-corrected chi connectivity index (χ0v) is 10.8.